The number of carbonyl (C=O) groups excluding carboxylic acids is 1. The zero-order valence-electron chi connectivity index (χ0n) is 11.1. The molecule has 102 valence electrons. The highest BCUT2D eigenvalue weighted by molar-refractivity contribution is 6.02. The Morgan fingerprint density at radius 2 is 2.11 bits per heavy atom. The first-order valence-electron chi connectivity index (χ1n) is 6.62. The summed E-state index contributed by atoms with van der Waals surface area (Å²) in [5.74, 6) is -1.33. The molecule has 2 N–H and O–H groups in total. The van der Waals surface area contributed by atoms with Crippen LogP contribution in [0.15, 0.2) is 24.3 Å². The van der Waals surface area contributed by atoms with Crippen molar-refractivity contribution in [3.05, 3.63) is 35.4 Å². The fraction of sp³-hybridized carbons (Fsp3) is 0.467. The molecule has 1 aromatic carbocycles. The van der Waals surface area contributed by atoms with E-state index in [1.165, 1.54) is 5.56 Å². The monoisotopic (exact) mass is 261 g/mol. The summed E-state index contributed by atoms with van der Waals surface area (Å²) in [5.41, 5.74) is 1.18. The lowest BCUT2D eigenvalue weighted by Crippen LogP contribution is -2.51. The first-order valence-corrected chi connectivity index (χ1v) is 6.62. The minimum absolute atomic E-state index is 0.334. The van der Waals surface area contributed by atoms with E-state index in [4.69, 9.17) is 5.11 Å². The SMILES string of the molecule is Cc1cccc(CCNC(=O)C2(C(=O)O)CCC2)c1. The Bertz CT molecular complexity index is 492. The smallest absolute Gasteiger partial charge is 0.319 e. The van der Waals surface area contributed by atoms with Gasteiger partial charge in [-0.25, -0.2) is 0 Å². The molecule has 1 saturated carbocycles. The van der Waals surface area contributed by atoms with Crippen LogP contribution in [-0.4, -0.2) is 23.5 Å². The van der Waals surface area contributed by atoms with Crippen molar-refractivity contribution in [2.24, 2.45) is 5.41 Å². The number of rotatable bonds is 5. The molecular weight excluding hydrogens is 242 g/mol. The molecule has 1 amide bonds. The maximum absolute atomic E-state index is 12.0. The molecule has 0 unspecified atom stereocenters. The van der Waals surface area contributed by atoms with Crippen molar-refractivity contribution < 1.29 is 14.7 Å². The summed E-state index contributed by atoms with van der Waals surface area (Å²) in [6.07, 6.45) is 2.46. The van der Waals surface area contributed by atoms with Gasteiger partial charge in [-0.3, -0.25) is 9.59 Å². The number of carboxylic acids is 1. The van der Waals surface area contributed by atoms with Gasteiger partial charge >= 0.3 is 5.97 Å². The van der Waals surface area contributed by atoms with Crippen molar-refractivity contribution in [3.63, 3.8) is 0 Å². The number of aryl methyl sites for hydroxylation is 1. The quantitative estimate of drug-likeness (QED) is 0.796. The minimum Gasteiger partial charge on any atom is -0.480 e. The van der Waals surface area contributed by atoms with Gasteiger partial charge in [0.15, 0.2) is 0 Å². The van der Waals surface area contributed by atoms with Crippen molar-refractivity contribution in [2.45, 2.75) is 32.6 Å². The van der Waals surface area contributed by atoms with E-state index in [9.17, 15) is 9.59 Å². The third-order valence-electron chi connectivity index (χ3n) is 3.83. The predicted molar refractivity (Wildman–Crippen MR) is 71.8 cm³/mol. The topological polar surface area (TPSA) is 66.4 Å². The maximum Gasteiger partial charge on any atom is 0.319 e. The normalized spacial score (nSPS) is 16.5. The van der Waals surface area contributed by atoms with Crippen LogP contribution in [-0.2, 0) is 16.0 Å². The van der Waals surface area contributed by atoms with Gasteiger partial charge < -0.3 is 10.4 Å². The van der Waals surface area contributed by atoms with Gasteiger partial charge in [0.05, 0.1) is 0 Å². The van der Waals surface area contributed by atoms with Gasteiger partial charge in [0.1, 0.15) is 5.41 Å². The molecule has 0 atom stereocenters. The predicted octanol–water partition coefficient (Wildman–Crippen LogP) is 1.91. The average molecular weight is 261 g/mol. The van der Waals surface area contributed by atoms with Crippen molar-refractivity contribution >= 4 is 11.9 Å². The summed E-state index contributed by atoms with van der Waals surface area (Å²) in [5, 5.41) is 11.9. The third-order valence-corrected chi connectivity index (χ3v) is 3.83. The Balaban J connectivity index is 1.86. The molecule has 0 saturated heterocycles. The summed E-state index contributed by atoms with van der Waals surface area (Å²) in [6.45, 7) is 2.51. The van der Waals surface area contributed by atoms with E-state index < -0.39 is 11.4 Å². The fourth-order valence-corrected chi connectivity index (χ4v) is 2.43. The van der Waals surface area contributed by atoms with Gasteiger partial charge in [-0.05, 0) is 31.7 Å². The largest absolute Gasteiger partial charge is 0.480 e. The molecule has 1 aliphatic rings. The molecule has 0 aliphatic heterocycles. The molecule has 4 heteroatoms. The van der Waals surface area contributed by atoms with E-state index in [1.54, 1.807) is 0 Å². The average Bonchev–Trinajstić information content (AvgIpc) is 2.26. The molecule has 0 spiro atoms. The van der Waals surface area contributed by atoms with Gasteiger partial charge in [0, 0.05) is 6.54 Å². The summed E-state index contributed by atoms with van der Waals surface area (Å²) in [6, 6.07) is 8.09. The number of carboxylic acid groups (broad SMARTS) is 1. The minimum atomic E-state index is -1.16. The number of amides is 1. The highest BCUT2D eigenvalue weighted by Gasteiger charge is 2.50. The maximum atomic E-state index is 12.0. The highest BCUT2D eigenvalue weighted by Crippen LogP contribution is 2.41. The van der Waals surface area contributed by atoms with Crippen molar-refractivity contribution in [1.29, 1.82) is 0 Å². The Kier molecular flexibility index (Phi) is 3.88. The molecule has 1 aromatic rings. The summed E-state index contributed by atoms with van der Waals surface area (Å²) >= 11 is 0. The van der Waals surface area contributed by atoms with Crippen LogP contribution in [0.1, 0.15) is 30.4 Å². The van der Waals surface area contributed by atoms with Crippen LogP contribution in [0.5, 0.6) is 0 Å². The molecule has 4 nitrogen and oxygen atoms in total. The van der Waals surface area contributed by atoms with Crippen molar-refractivity contribution in [3.8, 4) is 0 Å². The van der Waals surface area contributed by atoms with Gasteiger partial charge in [-0.2, -0.15) is 0 Å². The van der Waals surface area contributed by atoms with Crippen molar-refractivity contribution in [2.75, 3.05) is 6.54 Å². The second-order valence-electron chi connectivity index (χ2n) is 5.24. The first kappa shape index (κ1) is 13.6. The molecule has 1 fully saturated rings. The molecule has 0 bridgehead atoms. The number of aliphatic carboxylic acids is 1. The van der Waals surface area contributed by atoms with Gasteiger partial charge in [0.25, 0.3) is 0 Å². The second kappa shape index (κ2) is 5.43. The van der Waals surface area contributed by atoms with Crippen LogP contribution in [0.4, 0.5) is 0 Å². The fourth-order valence-electron chi connectivity index (χ4n) is 2.43. The van der Waals surface area contributed by atoms with Crippen LogP contribution >= 0.6 is 0 Å². The van der Waals surface area contributed by atoms with Gasteiger partial charge in [0.2, 0.25) is 5.91 Å². The van der Waals surface area contributed by atoms with Crippen LogP contribution in [0, 0.1) is 12.3 Å². The standard InChI is InChI=1S/C15H19NO3/c1-11-4-2-5-12(10-11)6-9-16-13(17)15(14(18)19)7-3-8-15/h2,4-5,10H,3,6-9H2,1H3,(H,16,17)(H,18,19). The number of hydrogen-bond donors (Lipinski definition) is 2. The summed E-state index contributed by atoms with van der Waals surface area (Å²) < 4.78 is 0. The molecule has 0 heterocycles. The van der Waals surface area contributed by atoms with Gasteiger partial charge in [-0.15, -0.1) is 0 Å². The molecule has 0 aromatic heterocycles. The number of hydrogen-bond acceptors (Lipinski definition) is 2. The molecule has 2 rings (SSSR count). The van der Waals surface area contributed by atoms with E-state index in [0.717, 1.165) is 18.4 Å². The Morgan fingerprint density at radius 3 is 2.63 bits per heavy atom. The Hall–Kier alpha value is -1.84. The summed E-state index contributed by atoms with van der Waals surface area (Å²) in [7, 11) is 0. The molecule has 0 radical (unpaired) electrons. The van der Waals surface area contributed by atoms with E-state index in [1.807, 2.05) is 25.1 Å². The Labute approximate surface area is 112 Å². The van der Waals surface area contributed by atoms with Gasteiger partial charge in [-0.1, -0.05) is 36.2 Å². The molecule has 19 heavy (non-hydrogen) atoms. The highest BCUT2D eigenvalue weighted by atomic mass is 16.4. The van der Waals surface area contributed by atoms with Crippen LogP contribution in [0.3, 0.4) is 0 Å². The van der Waals surface area contributed by atoms with E-state index >= 15 is 0 Å². The number of benzene rings is 1. The van der Waals surface area contributed by atoms with Crippen LogP contribution in [0.25, 0.3) is 0 Å². The molecular formula is C15H19NO3. The van der Waals surface area contributed by atoms with E-state index in [0.29, 0.717) is 19.4 Å². The zero-order valence-corrected chi connectivity index (χ0v) is 11.1. The lowest BCUT2D eigenvalue weighted by atomic mass is 9.68. The second-order valence-corrected chi connectivity index (χ2v) is 5.24. The Morgan fingerprint density at radius 1 is 1.37 bits per heavy atom. The lowest BCUT2D eigenvalue weighted by molar-refractivity contribution is -0.162. The van der Waals surface area contributed by atoms with Crippen LogP contribution < -0.4 is 5.32 Å². The number of carbonyl (C=O) groups is 2. The van der Waals surface area contributed by atoms with Crippen molar-refractivity contribution in [1.82, 2.24) is 5.32 Å². The lowest BCUT2D eigenvalue weighted by Gasteiger charge is -2.35. The molecule has 1 aliphatic carbocycles. The summed E-state index contributed by atoms with van der Waals surface area (Å²) in [4.78, 5) is 23.1. The van der Waals surface area contributed by atoms with E-state index in [2.05, 4.69) is 11.4 Å². The number of nitrogens with one attached hydrogen (secondary N) is 1. The third kappa shape index (κ3) is 2.78. The zero-order chi connectivity index (χ0) is 13.9. The van der Waals surface area contributed by atoms with Crippen LogP contribution in [0.2, 0.25) is 0 Å². The first-order chi connectivity index (χ1) is 9.04. The van der Waals surface area contributed by atoms with E-state index in [-0.39, 0.29) is 5.91 Å².